The molecule has 0 heterocycles. The topological polar surface area (TPSA) is 77.5 Å². The van der Waals surface area contributed by atoms with E-state index in [-0.39, 0.29) is 57.1 Å². The first-order valence-electron chi connectivity index (χ1n) is 6.29. The van der Waals surface area contributed by atoms with Gasteiger partial charge in [-0.15, -0.1) is 17.5 Å². The summed E-state index contributed by atoms with van der Waals surface area (Å²) in [5.41, 5.74) is 0. The van der Waals surface area contributed by atoms with Gasteiger partial charge < -0.3 is 4.18 Å². The number of ketones is 2. The zero-order valence-corrected chi connectivity index (χ0v) is 16.1. The zero-order chi connectivity index (χ0) is 15.7. The summed E-state index contributed by atoms with van der Waals surface area (Å²) in [4.78, 5) is 22.3. The van der Waals surface area contributed by atoms with Crippen molar-refractivity contribution < 1.29 is 73.6 Å². The van der Waals surface area contributed by atoms with E-state index in [1.807, 2.05) is 0 Å². The van der Waals surface area contributed by atoms with Gasteiger partial charge in [-0.05, 0) is 12.2 Å². The zero-order valence-electron chi connectivity index (χ0n) is 12.1. The molecule has 0 N–H and O–H groups in total. The van der Waals surface area contributed by atoms with Crippen molar-refractivity contribution in [2.45, 2.75) is 0 Å². The molecule has 0 aliphatic heterocycles. The van der Waals surface area contributed by atoms with Gasteiger partial charge in [-0.2, -0.15) is 20.6 Å². The number of allylic oxidation sites excluding steroid dienone is 4. The van der Waals surface area contributed by atoms with Gasteiger partial charge in [0.15, 0.2) is 10.7 Å². The van der Waals surface area contributed by atoms with Crippen molar-refractivity contribution in [3.8, 4) is 5.75 Å². The smallest absolute Gasteiger partial charge is 0.405 e. The Labute approximate surface area is 175 Å². The molecule has 2 aromatic rings. The summed E-state index contributed by atoms with van der Waals surface area (Å²) in [6, 6.07) is 13.0. The molecule has 1 aliphatic carbocycles. The van der Waals surface area contributed by atoms with E-state index in [4.69, 9.17) is 4.18 Å². The van der Waals surface area contributed by atoms with E-state index in [9.17, 15) is 18.0 Å². The second-order valence-electron chi connectivity index (χ2n) is 4.54. The fourth-order valence-corrected chi connectivity index (χ4v) is 3.06. The van der Waals surface area contributed by atoms with Gasteiger partial charge in [0.25, 0.3) is 0 Å². The van der Waals surface area contributed by atoms with E-state index in [1.54, 1.807) is 30.3 Å². The van der Waals surface area contributed by atoms with Crippen LogP contribution in [0.15, 0.2) is 59.5 Å². The molecule has 3 rings (SSSR count). The van der Waals surface area contributed by atoms with Gasteiger partial charge >= 0.3 is 61.5 Å². The number of rotatable bonds is 3. The van der Waals surface area contributed by atoms with E-state index in [0.717, 1.165) is 23.6 Å². The monoisotopic (exact) mass is 352 g/mol. The molecule has 0 saturated carbocycles. The molecule has 0 saturated heterocycles. The van der Waals surface area contributed by atoms with Crippen molar-refractivity contribution in [2.75, 3.05) is 0 Å². The van der Waals surface area contributed by atoms with Crippen molar-refractivity contribution in [1.29, 1.82) is 0 Å². The summed E-state index contributed by atoms with van der Waals surface area (Å²) in [5.74, 6) is -1.39. The van der Waals surface area contributed by atoms with Crippen LogP contribution in [0.4, 0.5) is 0 Å². The Hall–Kier alpha value is -1.09. The second kappa shape index (κ2) is 7.21. The fraction of sp³-hybridized carbons (Fsp3) is 0. The van der Waals surface area contributed by atoms with E-state index in [0.29, 0.717) is 5.39 Å². The van der Waals surface area contributed by atoms with Crippen molar-refractivity contribution in [3.63, 3.8) is 0 Å². The molecule has 0 radical (unpaired) electrons. The predicted octanol–water partition coefficient (Wildman–Crippen LogP) is -1.06. The van der Waals surface area contributed by atoms with Crippen LogP contribution in [0.25, 0.3) is 10.8 Å². The number of benzene rings is 2. The van der Waals surface area contributed by atoms with Crippen molar-refractivity contribution in [1.82, 2.24) is 0 Å². The van der Waals surface area contributed by atoms with Gasteiger partial charge in [0.1, 0.15) is 0 Å². The van der Waals surface area contributed by atoms with Crippen LogP contribution in [-0.2, 0) is 19.7 Å². The summed E-state index contributed by atoms with van der Waals surface area (Å²) in [6.07, 6.45) is 2.67. The summed E-state index contributed by atoms with van der Waals surface area (Å²) < 4.78 is 29.5. The fourth-order valence-electron chi connectivity index (χ4n) is 2.04. The Morgan fingerprint density at radius 1 is 1.00 bits per heavy atom. The SMILES string of the molecule is O=C1C=CC(=O)C(S(=O)(=O)Oc2[c-]ccc3ccccc23)=C1.[K+]. The summed E-state index contributed by atoms with van der Waals surface area (Å²) >= 11 is 0. The normalized spacial score (nSPS) is 14.3. The van der Waals surface area contributed by atoms with Crippen LogP contribution in [-0.4, -0.2) is 20.0 Å². The minimum Gasteiger partial charge on any atom is -0.405 e. The van der Waals surface area contributed by atoms with Crippen LogP contribution in [0.1, 0.15) is 0 Å². The molecule has 0 fully saturated rings. The molecule has 0 atom stereocenters. The first kappa shape index (κ1) is 18.2. The quantitative estimate of drug-likeness (QED) is 0.305. The molecule has 0 amide bonds. The summed E-state index contributed by atoms with van der Waals surface area (Å²) in [5, 5.41) is 1.31. The Kier molecular flexibility index (Phi) is 5.72. The summed E-state index contributed by atoms with van der Waals surface area (Å²) in [6.45, 7) is 0. The van der Waals surface area contributed by atoms with Crippen LogP contribution < -0.4 is 55.6 Å². The number of hydrogen-bond acceptors (Lipinski definition) is 5. The molecule has 2 aromatic carbocycles. The average molecular weight is 352 g/mol. The third-order valence-electron chi connectivity index (χ3n) is 3.06. The Balaban J connectivity index is 0.00000192. The maximum Gasteiger partial charge on any atom is 1.00 e. The third-order valence-corrected chi connectivity index (χ3v) is 4.30. The van der Waals surface area contributed by atoms with Crippen molar-refractivity contribution in [2.24, 2.45) is 0 Å². The van der Waals surface area contributed by atoms with E-state index in [1.165, 1.54) is 6.07 Å². The summed E-state index contributed by atoms with van der Waals surface area (Å²) in [7, 11) is -4.40. The predicted molar refractivity (Wildman–Crippen MR) is 79.6 cm³/mol. The largest absolute Gasteiger partial charge is 1.00 e. The second-order valence-corrected chi connectivity index (χ2v) is 6.05. The van der Waals surface area contributed by atoms with Crippen LogP contribution >= 0.6 is 0 Å². The molecule has 0 aromatic heterocycles. The van der Waals surface area contributed by atoms with Gasteiger partial charge in [0.2, 0.25) is 5.78 Å². The molecule has 7 heteroatoms. The Bertz CT molecular complexity index is 952. The first-order chi connectivity index (χ1) is 10.5. The third kappa shape index (κ3) is 3.88. The van der Waals surface area contributed by atoms with Gasteiger partial charge in [-0.3, -0.25) is 9.59 Å². The van der Waals surface area contributed by atoms with Crippen LogP contribution in [0.2, 0.25) is 0 Å². The van der Waals surface area contributed by atoms with E-state index >= 15 is 0 Å². The standard InChI is InChI=1S/C16H9O5S.K/c17-12-8-9-14(18)16(10-12)22(19,20)21-15-7-3-5-11-4-1-2-6-13(11)15;/h1-6,8-10H;/q-1;+1. The van der Waals surface area contributed by atoms with Crippen LogP contribution in [0.5, 0.6) is 5.75 Å². The number of carbonyl (C=O) groups is 2. The van der Waals surface area contributed by atoms with Gasteiger partial charge in [-0.25, -0.2) is 0 Å². The Morgan fingerprint density at radius 2 is 1.74 bits per heavy atom. The molecule has 23 heavy (non-hydrogen) atoms. The molecular formula is C16H9KO5S. The van der Waals surface area contributed by atoms with E-state index in [2.05, 4.69) is 6.07 Å². The van der Waals surface area contributed by atoms with Gasteiger partial charge in [0, 0.05) is 11.8 Å². The minimum atomic E-state index is -4.40. The van der Waals surface area contributed by atoms with Crippen LogP contribution in [0, 0.1) is 6.07 Å². The average Bonchev–Trinajstić information content (AvgIpc) is 2.50. The van der Waals surface area contributed by atoms with Crippen molar-refractivity contribution >= 4 is 32.5 Å². The maximum atomic E-state index is 12.2. The molecule has 0 bridgehead atoms. The van der Waals surface area contributed by atoms with Crippen molar-refractivity contribution in [3.05, 3.63) is 65.6 Å². The van der Waals surface area contributed by atoms with Gasteiger partial charge in [-0.1, -0.05) is 23.6 Å². The molecule has 5 nitrogen and oxygen atoms in total. The van der Waals surface area contributed by atoms with Crippen LogP contribution in [0.3, 0.4) is 0 Å². The first-order valence-corrected chi connectivity index (χ1v) is 7.70. The molecular weight excluding hydrogens is 343 g/mol. The molecule has 110 valence electrons. The molecule has 1 aliphatic rings. The number of fused-ring (bicyclic) bond motifs is 1. The van der Waals surface area contributed by atoms with E-state index < -0.39 is 26.6 Å². The molecule has 0 unspecified atom stereocenters. The number of hydrogen-bond donors (Lipinski definition) is 0. The molecule has 0 spiro atoms. The maximum absolute atomic E-state index is 12.2. The minimum absolute atomic E-state index is 0. The number of carbonyl (C=O) groups excluding carboxylic acids is 2. The Morgan fingerprint density at radius 3 is 2.52 bits per heavy atom. The van der Waals surface area contributed by atoms with Gasteiger partial charge in [0.05, 0.1) is 0 Å².